The molecule has 0 radical (unpaired) electrons. The molecule has 0 N–H and O–H groups in total. The van der Waals surface area contributed by atoms with Gasteiger partial charge in [-0.1, -0.05) is 0 Å². The number of benzene rings is 6. The van der Waals surface area contributed by atoms with E-state index in [-0.39, 0.29) is 0 Å². The zero-order chi connectivity index (χ0) is 54.9. The molecule has 0 aromatic heterocycles. The van der Waals surface area contributed by atoms with Crippen LogP contribution in [0.1, 0.15) is 304 Å². The van der Waals surface area contributed by atoms with Gasteiger partial charge in [0.25, 0.3) is 0 Å². The predicted molar refractivity (Wildman–Crippen MR) is 334 cm³/mol. The first-order valence-electron chi connectivity index (χ1n) is 29.0. The van der Waals surface area contributed by atoms with Crippen LogP contribution in [0.25, 0.3) is 44.5 Å². The van der Waals surface area contributed by atoms with E-state index in [0.29, 0.717) is 71.0 Å². The Bertz CT molecular complexity index is 2400. The van der Waals surface area contributed by atoms with Crippen LogP contribution in [0.5, 0.6) is 0 Å². The van der Waals surface area contributed by atoms with Crippen LogP contribution in [0.4, 0.5) is 0 Å². The molecule has 6 rings (SSSR count). The Balaban J connectivity index is 1.86. The van der Waals surface area contributed by atoms with Crippen molar-refractivity contribution in [1.82, 2.24) is 0 Å². The van der Waals surface area contributed by atoms with E-state index in [2.05, 4.69) is 251 Å². The first kappa shape index (κ1) is 60.1. The molecule has 0 heterocycles. The second kappa shape index (κ2) is 25.1. The summed E-state index contributed by atoms with van der Waals surface area (Å²) in [4.78, 5) is 0. The quantitative estimate of drug-likeness (QED) is 0.0709. The van der Waals surface area contributed by atoms with Gasteiger partial charge in [0.1, 0.15) is 0 Å². The van der Waals surface area contributed by atoms with Crippen LogP contribution in [-0.2, 0) is 0 Å². The molecule has 0 fully saturated rings. The summed E-state index contributed by atoms with van der Waals surface area (Å²) in [6.45, 7) is 58.0. The molecule has 0 atom stereocenters. The summed E-state index contributed by atoms with van der Waals surface area (Å²) >= 11 is -1.66. The summed E-state index contributed by atoms with van der Waals surface area (Å²) in [5.74, 6) is 4.96. The van der Waals surface area contributed by atoms with Gasteiger partial charge in [0.2, 0.25) is 0 Å². The summed E-state index contributed by atoms with van der Waals surface area (Å²) in [6, 6.07) is 35.9. The molecule has 0 spiro atoms. The van der Waals surface area contributed by atoms with Crippen molar-refractivity contribution in [3.8, 4) is 44.5 Å². The Hall–Kier alpha value is -3.10. The van der Waals surface area contributed by atoms with Crippen molar-refractivity contribution in [1.29, 1.82) is 0 Å². The van der Waals surface area contributed by atoms with Crippen molar-refractivity contribution in [2.24, 2.45) is 0 Å². The maximum atomic E-state index is 2.59. The van der Waals surface area contributed by atoms with Gasteiger partial charge in [0.05, 0.1) is 0 Å². The Labute approximate surface area is 470 Å². The van der Waals surface area contributed by atoms with Crippen molar-refractivity contribution in [3.05, 3.63) is 152 Å². The van der Waals surface area contributed by atoms with Crippen molar-refractivity contribution < 1.29 is 0 Å². The molecule has 0 amide bonds. The van der Waals surface area contributed by atoms with E-state index in [9.17, 15) is 0 Å². The minimum atomic E-state index is -0.831. The average Bonchev–Trinajstić information content (AvgIpc) is 3.33. The molecule has 398 valence electrons. The van der Waals surface area contributed by atoms with Crippen LogP contribution in [0.3, 0.4) is 0 Å². The van der Waals surface area contributed by atoms with Crippen LogP contribution < -0.4 is 7.22 Å². The van der Waals surface area contributed by atoms with Gasteiger partial charge >= 0.3 is 475 Å². The van der Waals surface area contributed by atoms with Gasteiger partial charge < -0.3 is 0 Å². The minimum absolute atomic E-state index is 0.389. The van der Waals surface area contributed by atoms with Crippen molar-refractivity contribution >= 4 is 41.3 Å². The summed E-state index contributed by atoms with van der Waals surface area (Å²) in [5.41, 5.74) is 30.0. The van der Waals surface area contributed by atoms with Gasteiger partial charge in [0, 0.05) is 0 Å². The predicted octanol–water partition coefficient (Wildman–Crippen LogP) is 21.1. The average molecular weight is 1220 g/mol. The topological polar surface area (TPSA) is 0 Å². The molecule has 74 heavy (non-hydrogen) atoms. The Morgan fingerprint density at radius 2 is 0.365 bits per heavy atom. The van der Waals surface area contributed by atoms with Gasteiger partial charge in [-0.15, -0.1) is 0 Å². The molecule has 0 saturated heterocycles. The van der Waals surface area contributed by atoms with Crippen LogP contribution in [0.2, 0.25) is 0 Å². The Kier molecular flexibility index (Phi) is 20.4. The van der Waals surface area contributed by atoms with Gasteiger partial charge in [-0.25, -0.2) is 0 Å². The maximum absolute atomic E-state index is 2.59. The summed E-state index contributed by atoms with van der Waals surface area (Å²) in [7, 11) is 0. The Morgan fingerprint density at radius 1 is 0.216 bits per heavy atom. The first-order chi connectivity index (χ1) is 34.7. The van der Waals surface area contributed by atoms with E-state index < -0.39 is 34.1 Å². The molecule has 0 bridgehead atoms. The van der Waals surface area contributed by atoms with Crippen molar-refractivity contribution in [2.45, 2.75) is 237 Å². The van der Waals surface area contributed by atoms with Crippen LogP contribution in [-0.4, -0.2) is 34.1 Å². The summed E-state index contributed by atoms with van der Waals surface area (Å²) < 4.78 is 3.35. The Morgan fingerprint density at radius 3 is 0.486 bits per heavy atom. The molecule has 0 aliphatic carbocycles. The standard InChI is InChI=1S/C72H98Te2/c1-39(2)51-31-59(43(9)10)67(60(32-51)44(11)12)55-27-25-28-56(68-61(45(13)14)33-52(40(3)4)34-62(68)46(15)16)71(55)73-74-72-57(69-63(47(17)18)35-53(41(5)6)36-64(69)48(19)20)29-26-30-58(72)70-65(49(21)22)37-54(42(7)8)38-66(70)50(23)24/h25-50H,1-24H3. The zero-order valence-electron chi connectivity index (χ0n) is 50.8. The van der Waals surface area contributed by atoms with E-state index in [1.807, 2.05) is 0 Å². The molecule has 0 saturated carbocycles. The fourth-order valence-electron chi connectivity index (χ4n) is 11.2. The zero-order valence-corrected chi connectivity index (χ0v) is 55.5. The molecule has 0 nitrogen and oxygen atoms in total. The van der Waals surface area contributed by atoms with E-state index in [0.717, 1.165) is 0 Å². The monoisotopic (exact) mass is 1220 g/mol. The normalized spacial score (nSPS) is 12.5. The number of rotatable bonds is 19. The van der Waals surface area contributed by atoms with Crippen LogP contribution in [0.15, 0.2) is 84.9 Å². The van der Waals surface area contributed by atoms with Crippen LogP contribution in [0, 0.1) is 0 Å². The second-order valence-corrected chi connectivity index (χ2v) is 35.3. The summed E-state index contributed by atoms with van der Waals surface area (Å²) in [5, 5.41) is 0. The number of hydrogen-bond acceptors (Lipinski definition) is 0. The van der Waals surface area contributed by atoms with E-state index in [1.165, 1.54) is 111 Å². The third-order valence-electron chi connectivity index (χ3n) is 15.8. The molecule has 2 heteroatoms. The third-order valence-corrected chi connectivity index (χ3v) is 27.5. The third kappa shape index (κ3) is 12.7. The molecular weight excluding hydrogens is 1120 g/mol. The van der Waals surface area contributed by atoms with Crippen molar-refractivity contribution in [3.63, 3.8) is 0 Å². The second-order valence-electron chi connectivity index (χ2n) is 25.7. The molecule has 0 aliphatic heterocycles. The van der Waals surface area contributed by atoms with Crippen molar-refractivity contribution in [2.75, 3.05) is 0 Å². The fraction of sp³-hybridized carbons (Fsp3) is 0.500. The van der Waals surface area contributed by atoms with E-state index in [1.54, 1.807) is 7.22 Å². The molecular formula is C72H98Te2. The summed E-state index contributed by atoms with van der Waals surface area (Å²) in [6.07, 6.45) is 0. The molecule has 0 aliphatic rings. The van der Waals surface area contributed by atoms with Gasteiger partial charge in [-0.3, -0.25) is 0 Å². The van der Waals surface area contributed by atoms with E-state index >= 15 is 0 Å². The van der Waals surface area contributed by atoms with E-state index in [4.69, 9.17) is 0 Å². The van der Waals surface area contributed by atoms with Gasteiger partial charge in [-0.05, 0) is 0 Å². The number of hydrogen-bond donors (Lipinski definition) is 0. The van der Waals surface area contributed by atoms with Gasteiger partial charge in [-0.2, -0.15) is 0 Å². The fourth-order valence-corrected chi connectivity index (χ4v) is 24.7. The molecule has 6 aromatic rings. The van der Waals surface area contributed by atoms with Gasteiger partial charge in [0.15, 0.2) is 0 Å². The molecule has 6 aromatic carbocycles. The van der Waals surface area contributed by atoms with Crippen LogP contribution >= 0.6 is 0 Å². The SMILES string of the molecule is CC(C)c1cc(C(C)C)c(-c2cccc(-c3c(C(C)C)cc(C(C)C)cc3C(C)C)c2[Te][Te]c2c(-c3c(C(C)C)cc(C(C)C)cc3C(C)C)cccc2-c2c(C(C)C)cc(C(C)C)cc2C(C)C)c(C(C)C)c1. The first-order valence-corrected chi connectivity index (χ1v) is 38.7. The molecule has 0 unspecified atom stereocenters.